The van der Waals surface area contributed by atoms with Gasteiger partial charge in [-0.25, -0.2) is 9.98 Å². The average molecular weight is 137 g/mol. The van der Waals surface area contributed by atoms with Crippen LogP contribution in [0, 0.1) is 6.92 Å². The van der Waals surface area contributed by atoms with E-state index in [1.807, 2.05) is 6.92 Å². The molecule has 1 aromatic rings. The summed E-state index contributed by atoms with van der Waals surface area (Å²) in [7, 11) is 0. The third-order valence-corrected chi connectivity index (χ3v) is 1.18. The maximum atomic E-state index is 4.04. The zero-order valence-electron chi connectivity index (χ0n) is 5.89. The Kier molecular flexibility index (Phi) is 1.67. The number of H-pyrrole nitrogens is 1. The van der Waals surface area contributed by atoms with Crippen molar-refractivity contribution in [2.24, 2.45) is 4.99 Å². The summed E-state index contributed by atoms with van der Waals surface area (Å²) in [6.07, 6.45) is 1.67. The Labute approximate surface area is 61.0 Å². The van der Waals surface area contributed by atoms with Gasteiger partial charge in [0.15, 0.2) is 5.82 Å². The zero-order valence-corrected chi connectivity index (χ0v) is 5.89. The quantitative estimate of drug-likeness (QED) is 0.622. The molecule has 0 radical (unpaired) electrons. The van der Waals surface area contributed by atoms with Gasteiger partial charge in [0.1, 0.15) is 5.82 Å². The summed E-state index contributed by atoms with van der Waals surface area (Å²) in [6.45, 7) is 8.83. The molecule has 0 aliphatic carbocycles. The number of nitrogens with zero attached hydrogens (tertiary/aromatic N) is 2. The fourth-order valence-corrected chi connectivity index (χ4v) is 0.761. The van der Waals surface area contributed by atoms with Crippen molar-refractivity contribution in [3.05, 3.63) is 18.1 Å². The number of hydrogen-bond acceptors (Lipinski definition) is 2. The van der Waals surface area contributed by atoms with Gasteiger partial charge in [-0.15, -0.1) is 0 Å². The molecule has 3 heteroatoms. The molecular weight excluding hydrogens is 126 g/mol. The summed E-state index contributed by atoms with van der Waals surface area (Å²) in [4.78, 5) is 10.7. The molecule has 1 heterocycles. The lowest BCUT2D eigenvalue weighted by Crippen LogP contribution is -1.70. The Bertz CT molecular complexity index is 239. The Hall–Kier alpha value is -1.38. The van der Waals surface area contributed by atoms with Crippen molar-refractivity contribution in [3.63, 3.8) is 0 Å². The molecule has 3 nitrogen and oxygen atoms in total. The van der Waals surface area contributed by atoms with E-state index in [-0.39, 0.29) is 1.43 Å². The number of aryl methyl sites for hydroxylation is 1. The molecule has 10 heavy (non-hydrogen) atoms. The second-order valence-corrected chi connectivity index (χ2v) is 1.92. The molecule has 0 atom stereocenters. The molecule has 0 fully saturated rings. The third-order valence-electron chi connectivity index (χ3n) is 1.18. The zero-order chi connectivity index (χ0) is 7.56. The van der Waals surface area contributed by atoms with Gasteiger partial charge < -0.3 is 4.98 Å². The fraction of sp³-hybridized carbons (Fsp3) is 0.143. The summed E-state index contributed by atoms with van der Waals surface area (Å²) < 4.78 is 0. The highest BCUT2D eigenvalue weighted by Gasteiger charge is 2.00. The van der Waals surface area contributed by atoms with Crippen molar-refractivity contribution in [3.8, 4) is 0 Å². The highest BCUT2D eigenvalue weighted by atomic mass is 15.0. The van der Waals surface area contributed by atoms with Gasteiger partial charge in [-0.3, -0.25) is 0 Å². The standard InChI is InChI=1S/C7H9N3.H2/c1-4-6-7(8-3)10-5(2)9-6;/h4H,1,3H2,2H3,(H,9,10);1H. The minimum absolute atomic E-state index is 0. The van der Waals surface area contributed by atoms with Crippen molar-refractivity contribution in [1.29, 1.82) is 0 Å². The van der Waals surface area contributed by atoms with Crippen molar-refractivity contribution >= 4 is 18.6 Å². The first-order chi connectivity index (χ1) is 4.77. The number of nitrogens with one attached hydrogen (secondary N) is 1. The van der Waals surface area contributed by atoms with E-state index in [1.54, 1.807) is 6.08 Å². The largest absolute Gasteiger partial charge is 0.341 e. The number of hydrogen-bond donors (Lipinski definition) is 1. The van der Waals surface area contributed by atoms with Gasteiger partial charge in [0.25, 0.3) is 0 Å². The molecule has 54 valence electrons. The molecule has 0 spiro atoms. The van der Waals surface area contributed by atoms with Crippen molar-refractivity contribution in [2.45, 2.75) is 6.92 Å². The predicted octanol–water partition coefficient (Wildman–Crippen LogP) is 1.94. The fourth-order valence-electron chi connectivity index (χ4n) is 0.761. The normalized spacial score (nSPS) is 9.30. The van der Waals surface area contributed by atoms with Gasteiger partial charge in [0, 0.05) is 1.43 Å². The minimum atomic E-state index is 0. The molecule has 1 N–H and O–H groups in total. The van der Waals surface area contributed by atoms with Crippen molar-refractivity contribution in [2.75, 3.05) is 0 Å². The summed E-state index contributed by atoms with van der Waals surface area (Å²) >= 11 is 0. The lowest BCUT2D eigenvalue weighted by Gasteiger charge is -1.83. The molecule has 0 unspecified atom stereocenters. The van der Waals surface area contributed by atoms with Crippen LogP contribution in [0.2, 0.25) is 0 Å². The summed E-state index contributed by atoms with van der Waals surface area (Å²) in [5.74, 6) is 1.45. The van der Waals surface area contributed by atoms with Crippen LogP contribution in [0.3, 0.4) is 0 Å². The first kappa shape index (κ1) is 6.74. The lowest BCUT2D eigenvalue weighted by molar-refractivity contribution is 1.14. The number of aromatic nitrogens is 2. The van der Waals surface area contributed by atoms with Crippen LogP contribution in [0.25, 0.3) is 6.08 Å². The molecule has 0 bridgehead atoms. The Morgan fingerprint density at radius 2 is 2.50 bits per heavy atom. The van der Waals surface area contributed by atoms with E-state index in [0.717, 1.165) is 11.5 Å². The van der Waals surface area contributed by atoms with Crippen LogP contribution >= 0.6 is 0 Å². The molecule has 0 amide bonds. The SMILES string of the molecule is C=Cc1[nH]c(C)nc1N=C.[HH]. The van der Waals surface area contributed by atoms with E-state index in [2.05, 4.69) is 28.3 Å². The van der Waals surface area contributed by atoms with Crippen LogP contribution in [-0.4, -0.2) is 16.7 Å². The second-order valence-electron chi connectivity index (χ2n) is 1.92. The topological polar surface area (TPSA) is 41.0 Å². The lowest BCUT2D eigenvalue weighted by atomic mass is 10.4. The van der Waals surface area contributed by atoms with Crippen molar-refractivity contribution < 1.29 is 1.43 Å². The smallest absolute Gasteiger partial charge is 0.177 e. The van der Waals surface area contributed by atoms with E-state index in [4.69, 9.17) is 0 Å². The van der Waals surface area contributed by atoms with E-state index in [0.29, 0.717) is 5.82 Å². The van der Waals surface area contributed by atoms with Gasteiger partial charge in [-0.05, 0) is 19.7 Å². The maximum Gasteiger partial charge on any atom is 0.177 e. The molecule has 0 aromatic carbocycles. The number of aliphatic imine (C=N–C) groups is 1. The van der Waals surface area contributed by atoms with Crippen LogP contribution in [0.15, 0.2) is 11.6 Å². The Balaban J connectivity index is 0.000001000. The Morgan fingerprint density at radius 1 is 1.80 bits per heavy atom. The summed E-state index contributed by atoms with van der Waals surface area (Å²) in [5.41, 5.74) is 0.826. The van der Waals surface area contributed by atoms with E-state index < -0.39 is 0 Å². The van der Waals surface area contributed by atoms with Crippen LogP contribution < -0.4 is 0 Å². The highest BCUT2D eigenvalue weighted by molar-refractivity contribution is 5.58. The maximum absolute atomic E-state index is 4.04. The van der Waals surface area contributed by atoms with Gasteiger partial charge >= 0.3 is 0 Å². The molecular formula is C7H11N3. The molecule has 0 aliphatic rings. The van der Waals surface area contributed by atoms with Crippen LogP contribution in [0.5, 0.6) is 0 Å². The highest BCUT2D eigenvalue weighted by Crippen LogP contribution is 2.15. The summed E-state index contributed by atoms with van der Waals surface area (Å²) in [6, 6.07) is 0. The average Bonchev–Trinajstić information content (AvgIpc) is 2.30. The van der Waals surface area contributed by atoms with Gasteiger partial charge in [-0.2, -0.15) is 0 Å². The summed E-state index contributed by atoms with van der Waals surface area (Å²) in [5, 5.41) is 0. The van der Waals surface area contributed by atoms with Crippen molar-refractivity contribution in [1.82, 2.24) is 9.97 Å². The monoisotopic (exact) mass is 137 g/mol. The van der Waals surface area contributed by atoms with Crippen LogP contribution in [0.4, 0.5) is 5.82 Å². The number of rotatable bonds is 2. The van der Waals surface area contributed by atoms with Crippen LogP contribution in [-0.2, 0) is 0 Å². The number of imidazole rings is 1. The Morgan fingerprint density at radius 3 is 2.90 bits per heavy atom. The van der Waals surface area contributed by atoms with Gasteiger partial charge in [-0.1, -0.05) is 6.58 Å². The molecule has 0 saturated heterocycles. The molecule has 1 rings (SSSR count). The first-order valence-electron chi connectivity index (χ1n) is 2.93. The van der Waals surface area contributed by atoms with Crippen LogP contribution in [0.1, 0.15) is 12.9 Å². The van der Waals surface area contributed by atoms with E-state index in [1.165, 1.54) is 0 Å². The van der Waals surface area contributed by atoms with E-state index >= 15 is 0 Å². The number of aromatic amines is 1. The molecule has 1 aromatic heterocycles. The predicted molar refractivity (Wildman–Crippen MR) is 44.7 cm³/mol. The van der Waals surface area contributed by atoms with Gasteiger partial charge in [0.05, 0.1) is 5.69 Å². The first-order valence-corrected chi connectivity index (χ1v) is 2.93. The molecule has 0 saturated carbocycles. The minimum Gasteiger partial charge on any atom is -0.341 e. The van der Waals surface area contributed by atoms with Gasteiger partial charge in [0.2, 0.25) is 0 Å². The second kappa shape index (κ2) is 2.47. The van der Waals surface area contributed by atoms with E-state index in [9.17, 15) is 0 Å². The third kappa shape index (κ3) is 0.978. The molecule has 0 aliphatic heterocycles.